The van der Waals surface area contributed by atoms with Crippen LogP contribution in [0, 0.1) is 0 Å². The molecule has 1 amide bonds. The lowest BCUT2D eigenvalue weighted by Gasteiger charge is -2.29. The van der Waals surface area contributed by atoms with Crippen LogP contribution in [0.25, 0.3) is 0 Å². The van der Waals surface area contributed by atoms with Crippen LogP contribution in [0.2, 0.25) is 0 Å². The number of methoxy groups -OCH3 is 1. The van der Waals surface area contributed by atoms with Crippen molar-refractivity contribution in [1.29, 1.82) is 0 Å². The monoisotopic (exact) mass is 328 g/mol. The Hall–Kier alpha value is -1.47. The molecule has 6 nitrogen and oxygen atoms in total. The highest BCUT2D eigenvalue weighted by Gasteiger charge is 2.31. The number of hydrogen-bond donors (Lipinski definition) is 1. The van der Waals surface area contributed by atoms with Crippen LogP contribution in [0.4, 0.5) is 0 Å². The van der Waals surface area contributed by atoms with E-state index in [1.54, 1.807) is 13.1 Å². The molecule has 22 heavy (non-hydrogen) atoms. The third-order valence-electron chi connectivity index (χ3n) is 2.83. The van der Waals surface area contributed by atoms with Crippen molar-refractivity contribution in [2.24, 2.45) is 0 Å². The molecular weight excluding hydrogens is 304 g/mol. The number of carbonyl (C=O) groups is 2. The molecule has 0 aliphatic carbocycles. The standard InChI is InChI=1S/C15H24N2O4S/c1-10(21-15(2,3)4)13(14(19)20-5)17-11(18)6-7-12-16-8-9-22-12/h8-10,13H,6-7H2,1-5H3,(H,17,18)/t10-,13+/m0/s1. The second kappa shape index (κ2) is 8.24. The minimum Gasteiger partial charge on any atom is -0.467 e. The van der Waals surface area contributed by atoms with E-state index in [1.807, 2.05) is 26.2 Å². The summed E-state index contributed by atoms with van der Waals surface area (Å²) in [6.07, 6.45) is 2.03. The SMILES string of the molecule is COC(=O)[C@H](NC(=O)CCc1nccs1)[C@H](C)OC(C)(C)C. The molecule has 124 valence electrons. The molecule has 7 heteroatoms. The first-order chi connectivity index (χ1) is 10.2. The molecule has 1 N–H and O–H groups in total. The van der Waals surface area contributed by atoms with Gasteiger partial charge in [-0.15, -0.1) is 11.3 Å². The molecule has 0 saturated carbocycles. The fraction of sp³-hybridized carbons (Fsp3) is 0.667. The topological polar surface area (TPSA) is 77.5 Å². The number of aromatic nitrogens is 1. The molecule has 0 aromatic carbocycles. The number of ether oxygens (including phenoxy) is 2. The first-order valence-corrected chi connectivity index (χ1v) is 8.04. The average Bonchev–Trinajstić information content (AvgIpc) is 2.92. The number of amides is 1. The quantitative estimate of drug-likeness (QED) is 0.774. The Morgan fingerprint density at radius 3 is 2.59 bits per heavy atom. The third-order valence-corrected chi connectivity index (χ3v) is 3.67. The van der Waals surface area contributed by atoms with Gasteiger partial charge >= 0.3 is 5.97 Å². The first-order valence-electron chi connectivity index (χ1n) is 7.16. The number of hydrogen-bond acceptors (Lipinski definition) is 6. The van der Waals surface area contributed by atoms with Gasteiger partial charge < -0.3 is 14.8 Å². The highest BCUT2D eigenvalue weighted by Crippen LogP contribution is 2.14. The number of rotatable bonds is 7. The molecule has 0 fully saturated rings. The second-order valence-electron chi connectivity index (χ2n) is 5.93. The first kappa shape index (κ1) is 18.6. The lowest BCUT2D eigenvalue weighted by Crippen LogP contribution is -2.51. The van der Waals surface area contributed by atoms with E-state index in [1.165, 1.54) is 18.4 Å². The van der Waals surface area contributed by atoms with Gasteiger partial charge in [0.2, 0.25) is 5.91 Å². The molecule has 0 bridgehead atoms. The van der Waals surface area contributed by atoms with Crippen LogP contribution in [0.3, 0.4) is 0 Å². The molecule has 1 aromatic rings. The van der Waals surface area contributed by atoms with E-state index in [-0.39, 0.29) is 12.3 Å². The largest absolute Gasteiger partial charge is 0.467 e. The van der Waals surface area contributed by atoms with Gasteiger partial charge in [-0.1, -0.05) is 0 Å². The van der Waals surface area contributed by atoms with Gasteiger partial charge in [-0.25, -0.2) is 9.78 Å². The van der Waals surface area contributed by atoms with Gasteiger partial charge in [-0.05, 0) is 27.7 Å². The summed E-state index contributed by atoms with van der Waals surface area (Å²) in [5, 5.41) is 5.45. The highest BCUT2D eigenvalue weighted by molar-refractivity contribution is 7.09. The van der Waals surface area contributed by atoms with Crippen molar-refractivity contribution in [3.63, 3.8) is 0 Å². The summed E-state index contributed by atoms with van der Waals surface area (Å²) in [6.45, 7) is 7.42. The fourth-order valence-electron chi connectivity index (χ4n) is 1.96. The Kier molecular flexibility index (Phi) is 6.96. The predicted octanol–water partition coefficient (Wildman–Crippen LogP) is 1.94. The highest BCUT2D eigenvalue weighted by atomic mass is 32.1. The van der Waals surface area contributed by atoms with Gasteiger partial charge in [-0.2, -0.15) is 0 Å². The van der Waals surface area contributed by atoms with Crippen LogP contribution in [0.1, 0.15) is 39.1 Å². The second-order valence-corrected chi connectivity index (χ2v) is 6.91. The van der Waals surface area contributed by atoms with Crippen molar-refractivity contribution < 1.29 is 19.1 Å². The fourth-order valence-corrected chi connectivity index (χ4v) is 2.58. The molecule has 1 rings (SSSR count). The van der Waals surface area contributed by atoms with Gasteiger partial charge in [-0.3, -0.25) is 4.79 Å². The summed E-state index contributed by atoms with van der Waals surface area (Å²) in [5.74, 6) is -0.741. The Bertz CT molecular complexity index is 482. The van der Waals surface area contributed by atoms with E-state index in [0.29, 0.717) is 6.42 Å². The number of nitrogens with zero attached hydrogens (tertiary/aromatic N) is 1. The van der Waals surface area contributed by atoms with Crippen molar-refractivity contribution in [2.75, 3.05) is 7.11 Å². The molecule has 0 radical (unpaired) electrons. The summed E-state index contributed by atoms with van der Waals surface area (Å²) in [5.41, 5.74) is -0.419. The van der Waals surface area contributed by atoms with Crippen molar-refractivity contribution in [3.05, 3.63) is 16.6 Å². The summed E-state index contributed by atoms with van der Waals surface area (Å²) < 4.78 is 10.5. The number of carbonyl (C=O) groups excluding carboxylic acids is 2. The Morgan fingerprint density at radius 2 is 2.09 bits per heavy atom. The number of esters is 1. The molecule has 0 saturated heterocycles. The molecule has 1 aromatic heterocycles. The molecule has 0 unspecified atom stereocenters. The zero-order valence-corrected chi connectivity index (χ0v) is 14.5. The summed E-state index contributed by atoms with van der Waals surface area (Å²) in [4.78, 5) is 28.0. The van der Waals surface area contributed by atoms with E-state index in [4.69, 9.17) is 9.47 Å². The maximum Gasteiger partial charge on any atom is 0.331 e. The molecule has 2 atom stereocenters. The van der Waals surface area contributed by atoms with Gasteiger partial charge in [0.15, 0.2) is 6.04 Å². The van der Waals surface area contributed by atoms with Crippen LogP contribution >= 0.6 is 11.3 Å². The number of thiazole rings is 1. The normalized spacial score (nSPS) is 14.2. The molecule has 0 aliphatic heterocycles. The van der Waals surface area contributed by atoms with Crippen LogP contribution in [0.5, 0.6) is 0 Å². The van der Waals surface area contributed by atoms with Crippen LogP contribution < -0.4 is 5.32 Å². The maximum atomic E-state index is 12.0. The van der Waals surface area contributed by atoms with Crippen LogP contribution in [-0.4, -0.2) is 41.7 Å². The zero-order valence-electron chi connectivity index (χ0n) is 13.7. The molecular formula is C15H24N2O4S. The predicted molar refractivity (Wildman–Crippen MR) is 84.7 cm³/mol. The zero-order chi connectivity index (χ0) is 16.8. The van der Waals surface area contributed by atoms with Crippen molar-refractivity contribution in [1.82, 2.24) is 10.3 Å². The smallest absolute Gasteiger partial charge is 0.331 e. The van der Waals surface area contributed by atoms with Crippen LogP contribution in [-0.2, 0) is 25.5 Å². The average molecular weight is 328 g/mol. The Balaban J connectivity index is 2.60. The third kappa shape index (κ3) is 6.53. The molecule has 1 heterocycles. The Labute approximate surface area is 135 Å². The van der Waals surface area contributed by atoms with Crippen molar-refractivity contribution >= 4 is 23.2 Å². The summed E-state index contributed by atoms with van der Waals surface area (Å²) in [6, 6.07) is -0.826. The number of nitrogens with one attached hydrogen (secondary N) is 1. The van der Waals surface area contributed by atoms with E-state index in [2.05, 4.69) is 10.3 Å². The van der Waals surface area contributed by atoms with Crippen molar-refractivity contribution in [3.8, 4) is 0 Å². The van der Waals surface area contributed by atoms with Gasteiger partial charge in [0.1, 0.15) is 0 Å². The minimum absolute atomic E-state index is 0.227. The summed E-state index contributed by atoms with van der Waals surface area (Å²) >= 11 is 1.50. The van der Waals surface area contributed by atoms with Crippen LogP contribution in [0.15, 0.2) is 11.6 Å². The molecule has 0 aliphatic rings. The van der Waals surface area contributed by atoms with E-state index in [9.17, 15) is 9.59 Å². The van der Waals surface area contributed by atoms with E-state index < -0.39 is 23.7 Å². The minimum atomic E-state index is -0.826. The van der Waals surface area contributed by atoms with E-state index >= 15 is 0 Å². The summed E-state index contributed by atoms with van der Waals surface area (Å²) in [7, 11) is 1.29. The number of aryl methyl sites for hydroxylation is 1. The lowest BCUT2D eigenvalue weighted by molar-refractivity contribution is -0.153. The van der Waals surface area contributed by atoms with Crippen molar-refractivity contribution in [2.45, 2.75) is 58.3 Å². The Morgan fingerprint density at radius 1 is 1.41 bits per heavy atom. The molecule has 0 spiro atoms. The maximum absolute atomic E-state index is 12.0. The van der Waals surface area contributed by atoms with E-state index in [0.717, 1.165) is 5.01 Å². The van der Waals surface area contributed by atoms with Gasteiger partial charge in [0, 0.05) is 24.4 Å². The van der Waals surface area contributed by atoms with Gasteiger partial charge in [0.25, 0.3) is 0 Å². The lowest BCUT2D eigenvalue weighted by atomic mass is 10.1. The van der Waals surface area contributed by atoms with Gasteiger partial charge in [0.05, 0.1) is 23.8 Å².